The average molecular weight is 252 g/mol. The number of urea groups is 1. The summed E-state index contributed by atoms with van der Waals surface area (Å²) in [5, 5.41) is 2.87. The molecule has 1 aliphatic heterocycles. The van der Waals surface area contributed by atoms with Crippen molar-refractivity contribution in [2.45, 2.75) is 19.4 Å². The van der Waals surface area contributed by atoms with Crippen molar-refractivity contribution in [1.29, 1.82) is 0 Å². The third-order valence-electron chi connectivity index (χ3n) is 3.24. The van der Waals surface area contributed by atoms with Crippen molar-refractivity contribution in [3.8, 4) is 0 Å². The average Bonchev–Trinajstić information content (AvgIpc) is 2.90. The second-order valence-electron chi connectivity index (χ2n) is 4.73. The maximum atomic E-state index is 11.9. The Balaban J connectivity index is 1.70. The van der Waals surface area contributed by atoms with E-state index in [1.165, 1.54) is 0 Å². The minimum atomic E-state index is -0.0392. The molecule has 0 saturated carbocycles. The zero-order chi connectivity index (χ0) is 12.8. The van der Waals surface area contributed by atoms with Gasteiger partial charge in [0, 0.05) is 38.9 Å². The number of nitrogens with one attached hydrogen (secondary N) is 1. The third kappa shape index (κ3) is 3.77. The molecule has 1 saturated heterocycles. The van der Waals surface area contributed by atoms with Gasteiger partial charge in [0.2, 0.25) is 0 Å². The van der Waals surface area contributed by atoms with Crippen LogP contribution >= 0.6 is 0 Å². The van der Waals surface area contributed by atoms with Crippen LogP contribution in [0.3, 0.4) is 0 Å². The molecule has 0 radical (unpaired) electrons. The highest BCUT2D eigenvalue weighted by molar-refractivity contribution is 5.73. The number of furan rings is 1. The van der Waals surface area contributed by atoms with Gasteiger partial charge in [-0.15, -0.1) is 0 Å². The lowest BCUT2D eigenvalue weighted by Gasteiger charge is -2.27. The Labute approximate surface area is 107 Å². The second kappa shape index (κ2) is 6.44. The quantitative estimate of drug-likeness (QED) is 0.889. The summed E-state index contributed by atoms with van der Waals surface area (Å²) in [7, 11) is 1.83. The molecular weight excluding hydrogens is 232 g/mol. The van der Waals surface area contributed by atoms with E-state index < -0.39 is 0 Å². The number of nitrogens with zero attached hydrogens (tertiary/aromatic N) is 1. The second-order valence-corrected chi connectivity index (χ2v) is 4.73. The molecule has 5 heteroatoms. The zero-order valence-electron chi connectivity index (χ0n) is 10.7. The van der Waals surface area contributed by atoms with Crippen LogP contribution < -0.4 is 5.32 Å². The van der Waals surface area contributed by atoms with E-state index in [1.807, 2.05) is 13.1 Å². The fourth-order valence-corrected chi connectivity index (χ4v) is 2.11. The van der Waals surface area contributed by atoms with Crippen molar-refractivity contribution < 1.29 is 13.9 Å². The molecule has 0 aromatic carbocycles. The molecule has 0 atom stereocenters. The molecule has 1 aromatic rings. The first-order valence-electron chi connectivity index (χ1n) is 6.33. The van der Waals surface area contributed by atoms with E-state index in [2.05, 4.69) is 5.32 Å². The Morgan fingerprint density at radius 1 is 1.50 bits per heavy atom. The predicted octanol–water partition coefficient (Wildman–Crippen LogP) is 1.85. The first-order chi connectivity index (χ1) is 8.75. The van der Waals surface area contributed by atoms with Gasteiger partial charge in [0.1, 0.15) is 0 Å². The molecule has 5 nitrogen and oxygen atoms in total. The molecule has 1 N–H and O–H groups in total. The van der Waals surface area contributed by atoms with Gasteiger partial charge in [-0.05, 0) is 24.8 Å². The Bertz CT molecular complexity index is 358. The summed E-state index contributed by atoms with van der Waals surface area (Å²) in [5.41, 5.74) is 0.975. The van der Waals surface area contributed by atoms with Gasteiger partial charge in [-0.3, -0.25) is 0 Å². The predicted molar refractivity (Wildman–Crippen MR) is 67.1 cm³/mol. The molecular formula is C13H20N2O3. The highest BCUT2D eigenvalue weighted by Crippen LogP contribution is 2.15. The van der Waals surface area contributed by atoms with Gasteiger partial charge < -0.3 is 19.4 Å². The molecule has 0 aliphatic carbocycles. The summed E-state index contributed by atoms with van der Waals surface area (Å²) >= 11 is 0. The zero-order valence-corrected chi connectivity index (χ0v) is 10.7. The standard InChI is InChI=1S/C13H20N2O3/c1-15(9-11-2-5-17-6-3-11)13(16)14-8-12-4-7-18-10-12/h4,7,10-11H,2-3,5-6,8-9H2,1H3,(H,14,16). The fourth-order valence-electron chi connectivity index (χ4n) is 2.11. The number of rotatable bonds is 4. The molecule has 18 heavy (non-hydrogen) atoms. The van der Waals surface area contributed by atoms with E-state index in [4.69, 9.17) is 9.15 Å². The minimum absolute atomic E-state index is 0.0392. The molecule has 0 bridgehead atoms. The fraction of sp³-hybridized carbons (Fsp3) is 0.615. The molecule has 1 aromatic heterocycles. The van der Waals surface area contributed by atoms with Crippen LogP contribution in [0.15, 0.2) is 23.0 Å². The van der Waals surface area contributed by atoms with E-state index in [0.717, 1.165) is 38.2 Å². The lowest BCUT2D eigenvalue weighted by Crippen LogP contribution is -2.40. The van der Waals surface area contributed by atoms with Crippen molar-refractivity contribution in [2.24, 2.45) is 5.92 Å². The number of ether oxygens (including phenoxy) is 1. The smallest absolute Gasteiger partial charge is 0.317 e. The summed E-state index contributed by atoms with van der Waals surface area (Å²) in [6.45, 7) is 2.93. The van der Waals surface area contributed by atoms with Gasteiger partial charge in [0.15, 0.2) is 0 Å². The topological polar surface area (TPSA) is 54.7 Å². The van der Waals surface area contributed by atoms with Crippen LogP contribution in [0.2, 0.25) is 0 Å². The van der Waals surface area contributed by atoms with E-state index in [-0.39, 0.29) is 6.03 Å². The molecule has 2 amide bonds. The molecule has 0 spiro atoms. The van der Waals surface area contributed by atoms with Crippen molar-refractivity contribution in [2.75, 3.05) is 26.8 Å². The van der Waals surface area contributed by atoms with Crippen LogP contribution in [0.4, 0.5) is 4.79 Å². The summed E-state index contributed by atoms with van der Waals surface area (Å²) < 4.78 is 10.3. The number of hydrogen-bond acceptors (Lipinski definition) is 3. The van der Waals surface area contributed by atoms with Crippen LogP contribution in [0, 0.1) is 5.92 Å². The van der Waals surface area contributed by atoms with Gasteiger partial charge in [-0.2, -0.15) is 0 Å². The summed E-state index contributed by atoms with van der Waals surface area (Å²) in [5.74, 6) is 0.559. The lowest BCUT2D eigenvalue weighted by atomic mass is 10.00. The number of amides is 2. The van der Waals surface area contributed by atoms with Crippen molar-refractivity contribution in [3.63, 3.8) is 0 Å². The van der Waals surface area contributed by atoms with Gasteiger partial charge in [-0.25, -0.2) is 4.79 Å². The molecule has 1 fully saturated rings. The Hall–Kier alpha value is -1.49. The normalized spacial score (nSPS) is 16.5. The van der Waals surface area contributed by atoms with Crippen LogP contribution in [0.25, 0.3) is 0 Å². The first kappa shape index (κ1) is 13.0. The Kier molecular flexibility index (Phi) is 4.64. The lowest BCUT2D eigenvalue weighted by molar-refractivity contribution is 0.0586. The molecule has 0 unspecified atom stereocenters. The number of carbonyl (C=O) groups excluding carboxylic acids is 1. The van der Waals surface area contributed by atoms with Gasteiger partial charge in [0.05, 0.1) is 12.5 Å². The maximum absolute atomic E-state index is 11.9. The minimum Gasteiger partial charge on any atom is -0.472 e. The van der Waals surface area contributed by atoms with Crippen molar-refractivity contribution in [3.05, 3.63) is 24.2 Å². The Morgan fingerprint density at radius 3 is 2.94 bits per heavy atom. The maximum Gasteiger partial charge on any atom is 0.317 e. The van der Waals surface area contributed by atoms with Crippen molar-refractivity contribution in [1.82, 2.24) is 10.2 Å². The molecule has 2 heterocycles. The third-order valence-corrected chi connectivity index (χ3v) is 3.24. The summed E-state index contributed by atoms with van der Waals surface area (Å²) in [6, 6.07) is 1.81. The molecule has 1 aliphatic rings. The highest BCUT2D eigenvalue weighted by Gasteiger charge is 2.18. The van der Waals surface area contributed by atoms with E-state index in [0.29, 0.717) is 12.5 Å². The number of hydrogen-bond donors (Lipinski definition) is 1. The van der Waals surface area contributed by atoms with Crippen LogP contribution in [-0.2, 0) is 11.3 Å². The van der Waals surface area contributed by atoms with Crippen LogP contribution in [0.5, 0.6) is 0 Å². The summed E-state index contributed by atoms with van der Waals surface area (Å²) in [6.07, 6.45) is 5.32. The SMILES string of the molecule is CN(CC1CCOCC1)C(=O)NCc1ccoc1. The highest BCUT2D eigenvalue weighted by atomic mass is 16.5. The monoisotopic (exact) mass is 252 g/mol. The van der Waals surface area contributed by atoms with E-state index in [9.17, 15) is 4.79 Å². The van der Waals surface area contributed by atoms with Crippen LogP contribution in [-0.4, -0.2) is 37.7 Å². The molecule has 100 valence electrons. The van der Waals surface area contributed by atoms with Gasteiger partial charge in [0.25, 0.3) is 0 Å². The van der Waals surface area contributed by atoms with Crippen molar-refractivity contribution >= 4 is 6.03 Å². The Morgan fingerprint density at radius 2 is 2.28 bits per heavy atom. The summed E-state index contributed by atoms with van der Waals surface area (Å²) in [4.78, 5) is 13.6. The largest absolute Gasteiger partial charge is 0.472 e. The van der Waals surface area contributed by atoms with E-state index >= 15 is 0 Å². The van der Waals surface area contributed by atoms with Gasteiger partial charge >= 0.3 is 6.03 Å². The first-order valence-corrected chi connectivity index (χ1v) is 6.33. The van der Waals surface area contributed by atoms with Gasteiger partial charge in [-0.1, -0.05) is 0 Å². The van der Waals surface area contributed by atoms with E-state index in [1.54, 1.807) is 17.4 Å². The number of carbonyl (C=O) groups is 1. The van der Waals surface area contributed by atoms with Crippen LogP contribution in [0.1, 0.15) is 18.4 Å². The molecule has 2 rings (SSSR count).